The van der Waals surface area contributed by atoms with Crippen LogP contribution in [0, 0.1) is 0 Å². The van der Waals surface area contributed by atoms with Gasteiger partial charge in [0.1, 0.15) is 5.75 Å². The number of methoxy groups -OCH3 is 1. The van der Waals surface area contributed by atoms with Crippen LogP contribution < -0.4 is 10.1 Å². The van der Waals surface area contributed by atoms with Gasteiger partial charge in [0, 0.05) is 20.2 Å². The second-order valence-electron chi connectivity index (χ2n) is 4.11. The fourth-order valence-electron chi connectivity index (χ4n) is 1.54. The molecule has 1 aromatic rings. The molecule has 1 aromatic carbocycles. The number of ether oxygens (including phenoxy) is 2. The molecule has 0 fully saturated rings. The van der Waals surface area contributed by atoms with Gasteiger partial charge in [0.2, 0.25) is 0 Å². The van der Waals surface area contributed by atoms with Gasteiger partial charge in [0.05, 0.1) is 6.61 Å². The molecule has 0 amide bonds. The van der Waals surface area contributed by atoms with Crippen LogP contribution in [0.3, 0.4) is 0 Å². The van der Waals surface area contributed by atoms with Crippen LogP contribution in [0.5, 0.6) is 5.75 Å². The minimum atomic E-state index is -2.78. The summed E-state index contributed by atoms with van der Waals surface area (Å²) in [6, 6.07) is 6.56. The van der Waals surface area contributed by atoms with Crippen LogP contribution in [0.15, 0.2) is 29.8 Å². The van der Waals surface area contributed by atoms with Crippen molar-refractivity contribution < 1.29 is 18.3 Å². The summed E-state index contributed by atoms with van der Waals surface area (Å²) in [5.74, 6) is 0.169. The quantitative estimate of drug-likeness (QED) is 0.737. The van der Waals surface area contributed by atoms with Gasteiger partial charge in [-0.3, -0.25) is 0 Å². The van der Waals surface area contributed by atoms with Crippen molar-refractivity contribution in [1.29, 1.82) is 0 Å². The highest BCUT2D eigenvalue weighted by molar-refractivity contribution is 5.53. The smallest absolute Gasteiger partial charge is 0.387 e. The summed E-state index contributed by atoms with van der Waals surface area (Å²) in [6.45, 7) is 1.45. The van der Waals surface area contributed by atoms with E-state index in [-0.39, 0.29) is 5.75 Å². The molecule has 3 nitrogen and oxygen atoms in total. The first-order chi connectivity index (χ1) is 9.11. The summed E-state index contributed by atoms with van der Waals surface area (Å²) in [5.41, 5.74) is 2.10. The molecule has 106 valence electrons. The number of hydrogen-bond acceptors (Lipinski definition) is 3. The van der Waals surface area contributed by atoms with E-state index in [9.17, 15) is 8.78 Å². The monoisotopic (exact) mass is 271 g/mol. The fraction of sp³-hybridized carbons (Fsp3) is 0.429. The van der Waals surface area contributed by atoms with Crippen LogP contribution >= 0.6 is 0 Å². The van der Waals surface area contributed by atoms with Gasteiger partial charge in [-0.05, 0) is 24.6 Å². The highest BCUT2D eigenvalue weighted by Gasteiger charge is 2.02. The number of nitrogens with one attached hydrogen (secondary N) is 1. The molecule has 0 aliphatic rings. The largest absolute Gasteiger partial charge is 0.435 e. The summed E-state index contributed by atoms with van der Waals surface area (Å²) < 4.78 is 33.2. The molecule has 1 N–H and O–H groups in total. The summed E-state index contributed by atoms with van der Waals surface area (Å²) in [6.07, 6.45) is 1.99. The van der Waals surface area contributed by atoms with Crippen molar-refractivity contribution >= 4 is 6.08 Å². The van der Waals surface area contributed by atoms with Crippen molar-refractivity contribution in [2.75, 3.05) is 26.8 Å². The molecule has 0 spiro atoms. The zero-order valence-corrected chi connectivity index (χ0v) is 11.2. The second kappa shape index (κ2) is 8.61. The predicted octanol–water partition coefficient (Wildman–Crippen LogP) is 2.93. The first kappa shape index (κ1) is 15.6. The molecule has 0 aliphatic heterocycles. The van der Waals surface area contributed by atoms with E-state index < -0.39 is 6.61 Å². The van der Waals surface area contributed by atoms with Crippen LogP contribution in [0.4, 0.5) is 8.78 Å². The molecule has 0 atom stereocenters. The zero-order valence-electron chi connectivity index (χ0n) is 11.2. The maximum atomic E-state index is 12.0. The Balaban J connectivity index is 2.46. The molecule has 0 radical (unpaired) electrons. The lowest BCUT2D eigenvalue weighted by Crippen LogP contribution is -2.20. The van der Waals surface area contributed by atoms with E-state index in [2.05, 4.69) is 10.1 Å². The van der Waals surface area contributed by atoms with Crippen molar-refractivity contribution in [1.82, 2.24) is 5.32 Å². The maximum absolute atomic E-state index is 12.0. The van der Waals surface area contributed by atoms with Crippen molar-refractivity contribution in [2.45, 2.75) is 13.5 Å². The van der Waals surface area contributed by atoms with Crippen LogP contribution in [0.25, 0.3) is 6.08 Å². The van der Waals surface area contributed by atoms with Crippen LogP contribution in [-0.4, -0.2) is 33.4 Å². The number of hydrogen-bond donors (Lipinski definition) is 1. The lowest BCUT2D eigenvalue weighted by molar-refractivity contribution is -0.0498. The van der Waals surface area contributed by atoms with Crippen LogP contribution in [0.2, 0.25) is 0 Å². The molecule has 1 rings (SSSR count). The molecule has 0 saturated carbocycles. The standard InChI is InChI=1S/C14H19F2NO2/c1-11(10-17-7-8-18-2)9-12-3-5-13(6-4-12)19-14(15)16/h3-6,9,14,17H,7-8,10H2,1-2H3. The van der Waals surface area contributed by atoms with Crippen molar-refractivity contribution in [3.05, 3.63) is 35.4 Å². The average Bonchev–Trinajstić information content (AvgIpc) is 2.36. The summed E-state index contributed by atoms with van der Waals surface area (Å²) in [5, 5.41) is 3.23. The summed E-state index contributed by atoms with van der Waals surface area (Å²) in [7, 11) is 1.66. The number of alkyl halides is 2. The number of benzene rings is 1. The Morgan fingerprint density at radius 3 is 2.58 bits per heavy atom. The minimum Gasteiger partial charge on any atom is -0.435 e. The number of halogens is 2. The van der Waals surface area contributed by atoms with E-state index in [1.54, 1.807) is 19.2 Å². The topological polar surface area (TPSA) is 30.5 Å². The fourth-order valence-corrected chi connectivity index (χ4v) is 1.54. The highest BCUT2D eigenvalue weighted by Crippen LogP contribution is 2.16. The van der Waals surface area contributed by atoms with Gasteiger partial charge in [-0.2, -0.15) is 8.78 Å². The Kier molecular flexibility index (Phi) is 7.07. The van der Waals surface area contributed by atoms with Gasteiger partial charge < -0.3 is 14.8 Å². The van der Waals surface area contributed by atoms with Gasteiger partial charge in [-0.15, -0.1) is 0 Å². The minimum absolute atomic E-state index is 0.169. The van der Waals surface area contributed by atoms with E-state index in [1.165, 1.54) is 12.1 Å². The van der Waals surface area contributed by atoms with Crippen molar-refractivity contribution in [3.63, 3.8) is 0 Å². The third-order valence-corrected chi connectivity index (χ3v) is 2.41. The molecule has 0 heterocycles. The molecule has 5 heteroatoms. The number of rotatable bonds is 8. The third-order valence-electron chi connectivity index (χ3n) is 2.41. The van der Waals surface area contributed by atoms with Gasteiger partial charge in [0.15, 0.2) is 0 Å². The van der Waals surface area contributed by atoms with E-state index in [0.29, 0.717) is 6.61 Å². The molecule has 0 aromatic heterocycles. The first-order valence-corrected chi connectivity index (χ1v) is 6.03. The van der Waals surface area contributed by atoms with Crippen LogP contribution in [0.1, 0.15) is 12.5 Å². The Morgan fingerprint density at radius 2 is 2.00 bits per heavy atom. The molecular weight excluding hydrogens is 252 g/mol. The SMILES string of the molecule is COCCNCC(C)=Cc1ccc(OC(F)F)cc1. The first-order valence-electron chi connectivity index (χ1n) is 6.03. The van der Waals surface area contributed by atoms with Gasteiger partial charge in [0.25, 0.3) is 0 Å². The maximum Gasteiger partial charge on any atom is 0.387 e. The highest BCUT2D eigenvalue weighted by atomic mass is 19.3. The molecule has 0 saturated heterocycles. The Morgan fingerprint density at radius 1 is 1.32 bits per heavy atom. The van der Waals surface area contributed by atoms with E-state index >= 15 is 0 Å². The molecule has 19 heavy (non-hydrogen) atoms. The van der Waals surface area contributed by atoms with E-state index in [4.69, 9.17) is 4.74 Å². The zero-order chi connectivity index (χ0) is 14.1. The molecule has 0 aliphatic carbocycles. The summed E-state index contributed by atoms with van der Waals surface area (Å²) >= 11 is 0. The van der Waals surface area contributed by atoms with Gasteiger partial charge in [-0.25, -0.2) is 0 Å². The normalized spacial score (nSPS) is 11.9. The lowest BCUT2D eigenvalue weighted by atomic mass is 10.1. The second-order valence-corrected chi connectivity index (χ2v) is 4.11. The molecule has 0 unspecified atom stereocenters. The lowest BCUT2D eigenvalue weighted by Gasteiger charge is -2.06. The Hall–Kier alpha value is -1.46. The van der Waals surface area contributed by atoms with E-state index in [1.807, 2.05) is 13.0 Å². The van der Waals surface area contributed by atoms with Crippen LogP contribution in [-0.2, 0) is 4.74 Å². The van der Waals surface area contributed by atoms with E-state index in [0.717, 1.165) is 24.2 Å². The third kappa shape index (κ3) is 6.88. The summed E-state index contributed by atoms with van der Waals surface area (Å²) in [4.78, 5) is 0. The Bertz CT molecular complexity index is 391. The predicted molar refractivity (Wildman–Crippen MR) is 71.5 cm³/mol. The average molecular weight is 271 g/mol. The molecule has 0 bridgehead atoms. The van der Waals surface area contributed by atoms with Gasteiger partial charge >= 0.3 is 6.61 Å². The van der Waals surface area contributed by atoms with Crippen molar-refractivity contribution in [3.8, 4) is 5.75 Å². The van der Waals surface area contributed by atoms with Crippen molar-refractivity contribution in [2.24, 2.45) is 0 Å². The molecular formula is C14H19F2NO2. The van der Waals surface area contributed by atoms with Gasteiger partial charge in [-0.1, -0.05) is 23.8 Å². The Labute approximate surface area is 112 Å².